The fraction of sp³-hybridized carbons (Fsp3) is 0.222. The molecule has 0 unspecified atom stereocenters. The van der Waals surface area contributed by atoms with Gasteiger partial charge in [0.05, 0.1) is 11.9 Å². The minimum atomic E-state index is 0.0226. The number of carbonyl (C=O) groups is 1. The van der Waals surface area contributed by atoms with E-state index in [4.69, 9.17) is 0 Å². The lowest BCUT2D eigenvalue weighted by Gasteiger charge is -2.29. The van der Waals surface area contributed by atoms with Crippen molar-refractivity contribution in [1.29, 1.82) is 0 Å². The molecule has 1 fully saturated rings. The summed E-state index contributed by atoms with van der Waals surface area (Å²) in [6.07, 6.45) is 1.90. The summed E-state index contributed by atoms with van der Waals surface area (Å²) >= 11 is 0. The number of aromatic nitrogens is 3. The topological polar surface area (TPSA) is 63.1 Å². The van der Waals surface area contributed by atoms with Crippen LogP contribution in [0.25, 0.3) is 28.1 Å². The molecule has 0 atom stereocenters. The normalized spacial score (nSPS) is 13.8. The van der Waals surface area contributed by atoms with Crippen LogP contribution in [0.15, 0.2) is 72.9 Å². The Balaban J connectivity index is 1.48. The quantitative estimate of drug-likeness (QED) is 0.465. The second kappa shape index (κ2) is 9.00. The fourth-order valence-electron chi connectivity index (χ4n) is 4.15. The maximum absolute atomic E-state index is 12.3. The second-order valence-corrected chi connectivity index (χ2v) is 8.52. The largest absolute Gasteiger partial charge is 0.369 e. The molecule has 0 bridgehead atoms. The summed E-state index contributed by atoms with van der Waals surface area (Å²) in [5, 5.41) is 12.1. The number of nitrogens with one attached hydrogen (secondary N) is 1. The molecule has 4 aromatic rings. The Morgan fingerprint density at radius 1 is 0.848 bits per heavy atom. The molecule has 3 aromatic carbocycles. The lowest BCUT2D eigenvalue weighted by molar-refractivity contribution is 0.101. The van der Waals surface area contributed by atoms with Gasteiger partial charge in [-0.05, 0) is 55.3 Å². The van der Waals surface area contributed by atoms with Crippen LogP contribution in [0.5, 0.6) is 0 Å². The smallest absolute Gasteiger partial charge is 0.159 e. The molecule has 2 heterocycles. The summed E-state index contributed by atoms with van der Waals surface area (Å²) in [5.41, 5.74) is 7.75. The van der Waals surface area contributed by atoms with Gasteiger partial charge in [-0.25, -0.2) is 4.68 Å². The number of hydrogen-bond donors (Lipinski definition) is 1. The Bertz CT molecular complexity index is 1270. The van der Waals surface area contributed by atoms with Crippen LogP contribution in [-0.2, 0) is 0 Å². The van der Waals surface area contributed by atoms with Crippen LogP contribution in [0, 0.1) is 6.92 Å². The van der Waals surface area contributed by atoms with E-state index < -0.39 is 0 Å². The summed E-state index contributed by atoms with van der Waals surface area (Å²) in [6.45, 7) is 7.70. The molecule has 0 aliphatic carbocycles. The van der Waals surface area contributed by atoms with Gasteiger partial charge in [0.25, 0.3) is 0 Å². The second-order valence-electron chi connectivity index (χ2n) is 8.52. The van der Waals surface area contributed by atoms with E-state index >= 15 is 0 Å². The number of ketones is 1. The molecule has 0 saturated carbocycles. The van der Waals surface area contributed by atoms with Gasteiger partial charge in [-0.1, -0.05) is 47.2 Å². The van der Waals surface area contributed by atoms with E-state index in [1.165, 1.54) is 11.3 Å². The van der Waals surface area contributed by atoms with Crippen molar-refractivity contribution in [2.24, 2.45) is 0 Å². The number of benzene rings is 3. The average Bonchev–Trinajstić information content (AvgIpc) is 3.35. The van der Waals surface area contributed by atoms with Crippen molar-refractivity contribution in [1.82, 2.24) is 20.3 Å². The van der Waals surface area contributed by atoms with Crippen LogP contribution in [0.4, 0.5) is 5.69 Å². The lowest BCUT2D eigenvalue weighted by Crippen LogP contribution is -2.43. The van der Waals surface area contributed by atoms with Crippen molar-refractivity contribution in [3.63, 3.8) is 0 Å². The van der Waals surface area contributed by atoms with Crippen LogP contribution in [0.2, 0.25) is 0 Å². The van der Waals surface area contributed by atoms with Gasteiger partial charge in [0, 0.05) is 43.0 Å². The highest BCUT2D eigenvalue weighted by Crippen LogP contribution is 2.28. The van der Waals surface area contributed by atoms with E-state index in [9.17, 15) is 4.79 Å². The first-order valence-electron chi connectivity index (χ1n) is 11.3. The van der Waals surface area contributed by atoms with Gasteiger partial charge in [-0.15, -0.1) is 5.10 Å². The first-order chi connectivity index (χ1) is 16.1. The zero-order chi connectivity index (χ0) is 22.8. The number of Topliss-reactive ketones (excluding diaryl/α,β-unsaturated/α-hetero) is 1. The minimum Gasteiger partial charge on any atom is -0.369 e. The van der Waals surface area contributed by atoms with E-state index in [2.05, 4.69) is 69.9 Å². The molecular weight excluding hydrogens is 410 g/mol. The van der Waals surface area contributed by atoms with Gasteiger partial charge in [0.2, 0.25) is 0 Å². The summed E-state index contributed by atoms with van der Waals surface area (Å²) < 4.78 is 1.74. The predicted molar refractivity (Wildman–Crippen MR) is 132 cm³/mol. The minimum absolute atomic E-state index is 0.0226. The Morgan fingerprint density at radius 2 is 1.55 bits per heavy atom. The van der Waals surface area contributed by atoms with Gasteiger partial charge >= 0.3 is 0 Å². The molecule has 0 radical (unpaired) electrons. The van der Waals surface area contributed by atoms with Crippen LogP contribution in [0.1, 0.15) is 22.8 Å². The van der Waals surface area contributed by atoms with Crippen molar-refractivity contribution >= 4 is 11.5 Å². The number of aryl methyl sites for hydroxylation is 1. The van der Waals surface area contributed by atoms with E-state index in [1.54, 1.807) is 11.6 Å². The zero-order valence-electron chi connectivity index (χ0n) is 19.0. The van der Waals surface area contributed by atoms with Gasteiger partial charge in [-0.2, -0.15) is 0 Å². The highest BCUT2D eigenvalue weighted by atomic mass is 16.1. The number of piperazine rings is 1. The van der Waals surface area contributed by atoms with Crippen molar-refractivity contribution in [2.45, 2.75) is 13.8 Å². The fourth-order valence-corrected chi connectivity index (χ4v) is 4.15. The molecule has 1 aromatic heterocycles. The van der Waals surface area contributed by atoms with Gasteiger partial charge in [0.1, 0.15) is 5.69 Å². The maximum Gasteiger partial charge on any atom is 0.159 e. The van der Waals surface area contributed by atoms with E-state index in [-0.39, 0.29) is 5.78 Å². The van der Waals surface area contributed by atoms with Gasteiger partial charge < -0.3 is 10.2 Å². The van der Waals surface area contributed by atoms with E-state index in [0.29, 0.717) is 5.56 Å². The maximum atomic E-state index is 12.3. The monoisotopic (exact) mass is 437 g/mol. The lowest BCUT2D eigenvalue weighted by atomic mass is 10.00. The van der Waals surface area contributed by atoms with E-state index in [0.717, 1.165) is 54.3 Å². The number of hydrogen-bond acceptors (Lipinski definition) is 5. The molecule has 6 heteroatoms. The van der Waals surface area contributed by atoms with Crippen LogP contribution in [-0.4, -0.2) is 47.0 Å². The molecule has 1 saturated heterocycles. The molecule has 166 valence electrons. The molecule has 5 rings (SSSR count). The Hall–Kier alpha value is -3.77. The zero-order valence-corrected chi connectivity index (χ0v) is 19.0. The number of anilines is 1. The molecule has 1 aliphatic heterocycles. The van der Waals surface area contributed by atoms with Gasteiger partial charge in [-0.3, -0.25) is 4.79 Å². The third-order valence-electron chi connectivity index (χ3n) is 6.11. The van der Waals surface area contributed by atoms with Crippen molar-refractivity contribution in [3.05, 3.63) is 84.1 Å². The highest BCUT2D eigenvalue weighted by molar-refractivity contribution is 5.96. The van der Waals surface area contributed by atoms with Crippen LogP contribution >= 0.6 is 0 Å². The molecule has 1 N–H and O–H groups in total. The van der Waals surface area contributed by atoms with Gasteiger partial charge in [0.15, 0.2) is 5.78 Å². The molecule has 6 nitrogen and oxygen atoms in total. The standard InChI is InChI=1S/C27H27N5O/c1-19-3-5-22(6-4-19)27-18-32(30-29-27)26-16-23(20(2)33)15-24(17-26)21-7-9-25(10-8-21)31-13-11-28-12-14-31/h3-10,15-18,28H,11-14H2,1-2H3. The SMILES string of the molecule is CC(=O)c1cc(-c2ccc(N3CCNCC3)cc2)cc(-n2cc(-c3ccc(C)cc3)nn2)c1. The Morgan fingerprint density at radius 3 is 2.24 bits per heavy atom. The number of carbonyl (C=O) groups excluding carboxylic acids is 1. The summed E-state index contributed by atoms with van der Waals surface area (Å²) in [7, 11) is 0. The van der Waals surface area contributed by atoms with E-state index in [1.807, 2.05) is 30.5 Å². The first kappa shape index (κ1) is 21.1. The van der Waals surface area contributed by atoms with Crippen LogP contribution < -0.4 is 10.2 Å². The third kappa shape index (κ3) is 4.56. The van der Waals surface area contributed by atoms with Crippen molar-refractivity contribution in [3.8, 4) is 28.1 Å². The molecule has 33 heavy (non-hydrogen) atoms. The highest BCUT2D eigenvalue weighted by Gasteiger charge is 2.13. The summed E-state index contributed by atoms with van der Waals surface area (Å²) in [6, 6.07) is 22.6. The molecular formula is C27H27N5O. The third-order valence-corrected chi connectivity index (χ3v) is 6.11. The average molecular weight is 438 g/mol. The van der Waals surface area contributed by atoms with Crippen molar-refractivity contribution in [2.75, 3.05) is 31.1 Å². The van der Waals surface area contributed by atoms with Crippen LogP contribution in [0.3, 0.4) is 0 Å². The molecule has 1 aliphatic rings. The summed E-state index contributed by atoms with van der Waals surface area (Å²) in [4.78, 5) is 14.7. The predicted octanol–water partition coefficient (Wildman–Crippen LogP) is 4.52. The Labute approximate surface area is 193 Å². The van der Waals surface area contributed by atoms with Crippen molar-refractivity contribution < 1.29 is 4.79 Å². The number of nitrogens with zero attached hydrogens (tertiary/aromatic N) is 4. The molecule has 0 amide bonds. The summed E-state index contributed by atoms with van der Waals surface area (Å²) in [5.74, 6) is 0.0226. The Kier molecular flexibility index (Phi) is 5.75. The molecule has 0 spiro atoms. The first-order valence-corrected chi connectivity index (χ1v) is 11.3. The number of rotatable bonds is 5.